The number of fused-ring (bicyclic) bond motifs is 1. The molecule has 1 aliphatic carbocycles. The minimum Gasteiger partial charge on any atom is -0.343 e. The quantitative estimate of drug-likeness (QED) is 0.388. The lowest BCUT2D eigenvalue weighted by molar-refractivity contribution is -0.135. The first kappa shape index (κ1) is 27.5. The first-order valence-corrected chi connectivity index (χ1v) is 13.2. The molecule has 2 atom stereocenters. The van der Waals surface area contributed by atoms with E-state index in [0.717, 1.165) is 43.0 Å². The average molecular weight is 495 g/mol. The zero-order chi connectivity index (χ0) is 25.9. The van der Waals surface area contributed by atoms with Gasteiger partial charge in [-0.1, -0.05) is 57.2 Å². The van der Waals surface area contributed by atoms with Crippen molar-refractivity contribution in [3.63, 3.8) is 0 Å². The first-order chi connectivity index (χ1) is 17.4. The Morgan fingerprint density at radius 2 is 1.89 bits per heavy atom. The molecule has 2 unspecified atom stereocenters. The first-order valence-electron chi connectivity index (χ1n) is 13.2. The molecule has 8 heteroatoms. The lowest BCUT2D eigenvalue weighted by atomic mass is 9.84. The maximum Gasteiger partial charge on any atom is 0.247 e. The highest BCUT2D eigenvalue weighted by Crippen LogP contribution is 2.28. The number of nitrogens with two attached hydrogens (primary N) is 1. The van der Waals surface area contributed by atoms with Gasteiger partial charge in [-0.2, -0.15) is 0 Å². The van der Waals surface area contributed by atoms with E-state index in [1.807, 2.05) is 37.3 Å². The molecule has 1 aromatic carbocycles. The van der Waals surface area contributed by atoms with Crippen molar-refractivity contribution in [2.24, 2.45) is 11.7 Å². The summed E-state index contributed by atoms with van der Waals surface area (Å²) >= 11 is 0. The zero-order valence-corrected chi connectivity index (χ0v) is 21.4. The minimum atomic E-state index is -1.02. The standard InChI is InChI=1S/C28H39N5O3/c1-3-14-33(15-4-2)26(34)18-23(29)27(35)32-25(16-20-10-6-5-7-11-20)28(36)31-22-17-21-12-8-9-13-24(21)30-19-22/h8-9,12-13,17,19-20,23,25H,1,3-7,10-11,14-16,18,29H2,2H3,(H-,31,32,35,36)/p+1. The number of carbonyl (C=O) groups is 3. The smallest absolute Gasteiger partial charge is 0.247 e. The van der Waals surface area contributed by atoms with Crippen LogP contribution < -0.4 is 16.4 Å². The third kappa shape index (κ3) is 7.95. The third-order valence-corrected chi connectivity index (χ3v) is 6.79. The second-order valence-corrected chi connectivity index (χ2v) is 9.75. The molecule has 0 saturated heterocycles. The van der Waals surface area contributed by atoms with Crippen LogP contribution in [0.5, 0.6) is 0 Å². The van der Waals surface area contributed by atoms with Crippen LogP contribution in [0, 0.1) is 12.8 Å². The van der Waals surface area contributed by atoms with Crippen LogP contribution in [0.4, 0.5) is 5.69 Å². The van der Waals surface area contributed by atoms with Gasteiger partial charge in [0.2, 0.25) is 17.7 Å². The predicted octanol–water partition coefficient (Wildman–Crippen LogP) is 3.81. The number of amides is 3. The van der Waals surface area contributed by atoms with Crippen molar-refractivity contribution in [1.29, 1.82) is 0 Å². The number of para-hydroxylation sites is 1. The van der Waals surface area contributed by atoms with E-state index in [-0.39, 0.29) is 18.2 Å². The van der Waals surface area contributed by atoms with E-state index < -0.39 is 18.0 Å². The normalized spacial score (nSPS) is 15.7. The van der Waals surface area contributed by atoms with Gasteiger partial charge in [-0.05, 0) is 30.9 Å². The Balaban J connectivity index is 1.67. The number of hydrogen-bond donors (Lipinski definition) is 3. The fourth-order valence-electron chi connectivity index (χ4n) is 4.87. The molecule has 0 aliphatic heterocycles. The summed E-state index contributed by atoms with van der Waals surface area (Å²) in [6, 6.07) is 7.79. The summed E-state index contributed by atoms with van der Waals surface area (Å²) in [7, 11) is 0. The van der Waals surface area contributed by atoms with Crippen LogP contribution in [0.2, 0.25) is 0 Å². The highest BCUT2D eigenvalue weighted by Gasteiger charge is 2.29. The van der Waals surface area contributed by atoms with Gasteiger partial charge in [0.05, 0.1) is 43.3 Å². The second-order valence-electron chi connectivity index (χ2n) is 9.75. The van der Waals surface area contributed by atoms with Gasteiger partial charge in [-0.25, -0.2) is 0 Å². The number of nitrogens with zero attached hydrogens (tertiary/aromatic N) is 2. The van der Waals surface area contributed by atoms with E-state index >= 15 is 0 Å². The summed E-state index contributed by atoms with van der Waals surface area (Å²) in [6.45, 7) is 6.95. The fourth-order valence-corrected chi connectivity index (χ4v) is 4.87. The van der Waals surface area contributed by atoms with Crippen molar-refractivity contribution in [3.8, 4) is 0 Å². The van der Waals surface area contributed by atoms with Gasteiger partial charge in [-0.3, -0.25) is 19.4 Å². The summed E-state index contributed by atoms with van der Waals surface area (Å²) in [4.78, 5) is 45.1. The summed E-state index contributed by atoms with van der Waals surface area (Å²) in [5.41, 5.74) is 7.54. The highest BCUT2D eigenvalue weighted by molar-refractivity contribution is 5.99. The molecule has 0 bridgehead atoms. The summed E-state index contributed by atoms with van der Waals surface area (Å²) in [5.74, 6) is -0.589. The van der Waals surface area contributed by atoms with E-state index in [2.05, 4.69) is 22.5 Å². The van der Waals surface area contributed by atoms with Crippen LogP contribution in [0.15, 0.2) is 36.5 Å². The fraction of sp³-hybridized carbons (Fsp3) is 0.536. The van der Waals surface area contributed by atoms with Crippen molar-refractivity contribution in [2.45, 2.75) is 76.8 Å². The molecule has 0 radical (unpaired) electrons. The Morgan fingerprint density at radius 1 is 1.14 bits per heavy atom. The van der Waals surface area contributed by atoms with E-state index in [1.54, 1.807) is 11.1 Å². The van der Waals surface area contributed by atoms with Crippen LogP contribution in [0.3, 0.4) is 0 Å². The molecule has 2 aromatic rings. The molecule has 1 aliphatic rings. The van der Waals surface area contributed by atoms with Gasteiger partial charge in [-0.15, -0.1) is 0 Å². The Hall–Kier alpha value is -3.13. The van der Waals surface area contributed by atoms with Crippen LogP contribution in [-0.2, 0) is 14.4 Å². The number of hydrogen-bond acceptors (Lipinski definition) is 5. The van der Waals surface area contributed by atoms with Gasteiger partial charge in [0.1, 0.15) is 12.5 Å². The lowest BCUT2D eigenvalue weighted by Gasteiger charge is -2.28. The maximum absolute atomic E-state index is 13.3. The molecule has 3 rings (SSSR count). The molecule has 1 heterocycles. The molecule has 8 nitrogen and oxygen atoms in total. The van der Waals surface area contributed by atoms with Gasteiger partial charge in [0.25, 0.3) is 0 Å². The number of aromatic nitrogens is 1. The molecule has 194 valence electrons. The minimum absolute atomic E-state index is 0.0990. The number of pyridine rings is 1. The third-order valence-electron chi connectivity index (χ3n) is 6.79. The number of nitrogens with one attached hydrogen (secondary N) is 2. The van der Waals surface area contributed by atoms with Crippen molar-refractivity contribution in [2.75, 3.05) is 18.4 Å². The summed E-state index contributed by atoms with van der Waals surface area (Å²) in [6.07, 6.45) is 9.04. The lowest BCUT2D eigenvalue weighted by Crippen LogP contribution is -2.52. The molecule has 1 aromatic heterocycles. The van der Waals surface area contributed by atoms with Crippen molar-refractivity contribution < 1.29 is 14.4 Å². The van der Waals surface area contributed by atoms with Gasteiger partial charge >= 0.3 is 0 Å². The number of rotatable bonds is 12. The SMILES string of the molecule is [CH2+]CCN(CCC)C(=O)CC(N)C(=O)NC(CC1CCCCC1)C(=O)Nc1cnc2ccccc2c1. The van der Waals surface area contributed by atoms with Crippen LogP contribution in [0.25, 0.3) is 10.9 Å². The Kier molecular flexibility index (Phi) is 10.5. The molecule has 4 N–H and O–H groups in total. The Morgan fingerprint density at radius 3 is 2.61 bits per heavy atom. The average Bonchev–Trinajstić information content (AvgIpc) is 2.88. The van der Waals surface area contributed by atoms with E-state index in [9.17, 15) is 14.4 Å². The van der Waals surface area contributed by atoms with Crippen LogP contribution in [-0.4, -0.2) is 52.8 Å². The topological polar surface area (TPSA) is 117 Å². The number of benzene rings is 1. The zero-order valence-electron chi connectivity index (χ0n) is 21.4. The molecule has 0 spiro atoms. The Labute approximate surface area is 214 Å². The highest BCUT2D eigenvalue weighted by atomic mass is 16.2. The molecule has 1 saturated carbocycles. The van der Waals surface area contributed by atoms with E-state index in [0.29, 0.717) is 37.5 Å². The number of anilines is 1. The van der Waals surface area contributed by atoms with Crippen LogP contribution >= 0.6 is 0 Å². The summed E-state index contributed by atoms with van der Waals surface area (Å²) in [5, 5.41) is 6.69. The Bertz CT molecular complexity index is 1020. The molecule has 1 fully saturated rings. The molecular weight excluding hydrogens is 454 g/mol. The van der Waals surface area contributed by atoms with Crippen molar-refractivity contribution in [1.82, 2.24) is 15.2 Å². The predicted molar refractivity (Wildman–Crippen MR) is 143 cm³/mol. The molecule has 3 amide bonds. The van der Waals surface area contributed by atoms with Gasteiger partial charge in [0.15, 0.2) is 0 Å². The molecular formula is C28H40N5O3+. The largest absolute Gasteiger partial charge is 0.343 e. The molecule has 36 heavy (non-hydrogen) atoms. The van der Waals surface area contributed by atoms with E-state index in [4.69, 9.17) is 5.73 Å². The summed E-state index contributed by atoms with van der Waals surface area (Å²) < 4.78 is 0. The van der Waals surface area contributed by atoms with E-state index in [1.165, 1.54) is 6.42 Å². The van der Waals surface area contributed by atoms with Crippen LogP contribution in [0.1, 0.15) is 64.7 Å². The van der Waals surface area contributed by atoms with Crippen molar-refractivity contribution >= 4 is 34.3 Å². The van der Waals surface area contributed by atoms with Gasteiger partial charge < -0.3 is 21.3 Å². The monoisotopic (exact) mass is 494 g/mol. The maximum atomic E-state index is 13.3. The van der Waals surface area contributed by atoms with Gasteiger partial charge in [0, 0.05) is 11.9 Å². The second kappa shape index (κ2) is 13.8. The number of carbonyl (C=O) groups excluding carboxylic acids is 3. The van der Waals surface area contributed by atoms with Crippen molar-refractivity contribution in [3.05, 3.63) is 43.5 Å².